The lowest BCUT2D eigenvalue weighted by Gasteiger charge is -2.07. The van der Waals surface area contributed by atoms with Crippen LogP contribution in [-0.4, -0.2) is 18.1 Å². The molecule has 0 saturated heterocycles. The zero-order valence-electron chi connectivity index (χ0n) is 10.5. The molecule has 0 unspecified atom stereocenters. The van der Waals surface area contributed by atoms with Crippen LogP contribution in [0.1, 0.15) is 4.88 Å². The Kier molecular flexibility index (Phi) is 5.51. The minimum atomic E-state index is -0.426. The van der Waals surface area contributed by atoms with Crippen molar-refractivity contribution in [2.45, 2.75) is 6.54 Å². The number of nitrogens with zero attached hydrogens (tertiary/aromatic N) is 1. The number of ether oxygens (including phenoxy) is 1. The summed E-state index contributed by atoms with van der Waals surface area (Å²) in [6.07, 6.45) is 0. The van der Waals surface area contributed by atoms with Gasteiger partial charge in [0.1, 0.15) is 12.4 Å². The van der Waals surface area contributed by atoms with Gasteiger partial charge in [0.15, 0.2) is 0 Å². The fraction of sp³-hybridized carbons (Fsp3) is 0.231. The van der Waals surface area contributed by atoms with Crippen LogP contribution < -0.4 is 10.1 Å². The quantitative estimate of drug-likeness (QED) is 0.467. The summed E-state index contributed by atoms with van der Waals surface area (Å²) in [6, 6.07) is 8.11. The number of hydrogen-bond acceptors (Lipinski definition) is 5. The first-order chi connectivity index (χ1) is 9.66. The molecule has 0 atom stereocenters. The molecule has 0 aliphatic rings. The maximum atomic E-state index is 10.5. The van der Waals surface area contributed by atoms with Crippen molar-refractivity contribution in [3.63, 3.8) is 0 Å². The summed E-state index contributed by atoms with van der Waals surface area (Å²) in [6.45, 7) is 2.02. The zero-order chi connectivity index (χ0) is 14.4. The van der Waals surface area contributed by atoms with Crippen molar-refractivity contribution in [1.82, 2.24) is 5.32 Å². The second-order valence-corrected chi connectivity index (χ2v) is 5.82. The smallest absolute Gasteiger partial charge is 0.269 e. The highest BCUT2D eigenvalue weighted by atomic mass is 79.9. The Labute approximate surface area is 128 Å². The number of nitrogens with one attached hydrogen (secondary N) is 1. The molecule has 1 aromatic carbocycles. The van der Waals surface area contributed by atoms with Crippen molar-refractivity contribution in [1.29, 1.82) is 0 Å². The molecule has 1 N–H and O–H groups in total. The van der Waals surface area contributed by atoms with Crippen molar-refractivity contribution < 1.29 is 9.66 Å². The van der Waals surface area contributed by atoms with E-state index >= 15 is 0 Å². The fourth-order valence-electron chi connectivity index (χ4n) is 1.56. The Bertz CT molecular complexity index is 571. The van der Waals surface area contributed by atoms with Crippen LogP contribution in [0, 0.1) is 10.1 Å². The van der Waals surface area contributed by atoms with E-state index in [1.807, 2.05) is 11.4 Å². The molecule has 0 aliphatic carbocycles. The number of thiophene rings is 1. The SMILES string of the molecule is O=[N+]([O-])c1ccc(OCCNCc2sccc2Br)cc1. The summed E-state index contributed by atoms with van der Waals surface area (Å²) in [4.78, 5) is 11.3. The first-order valence-electron chi connectivity index (χ1n) is 5.96. The summed E-state index contributed by atoms with van der Waals surface area (Å²) in [5.74, 6) is 0.634. The molecule has 0 spiro atoms. The maximum absolute atomic E-state index is 10.5. The average molecular weight is 357 g/mol. The van der Waals surface area contributed by atoms with Gasteiger partial charge in [-0.15, -0.1) is 11.3 Å². The van der Waals surface area contributed by atoms with Crippen LogP contribution in [0.25, 0.3) is 0 Å². The average Bonchev–Trinajstić information content (AvgIpc) is 2.84. The van der Waals surface area contributed by atoms with E-state index in [1.165, 1.54) is 17.0 Å². The standard InChI is InChI=1S/C13H13BrN2O3S/c14-12-5-8-20-13(12)9-15-6-7-19-11-3-1-10(2-4-11)16(17)18/h1-5,8,15H,6-7,9H2. The van der Waals surface area contributed by atoms with Crippen molar-refractivity contribution in [3.05, 3.63) is 55.2 Å². The van der Waals surface area contributed by atoms with Crippen LogP contribution in [0.3, 0.4) is 0 Å². The molecule has 2 rings (SSSR count). The number of rotatable bonds is 7. The third-order valence-corrected chi connectivity index (χ3v) is 4.50. The molecule has 0 saturated carbocycles. The van der Waals surface area contributed by atoms with Gasteiger partial charge in [0.2, 0.25) is 0 Å². The molecular formula is C13H13BrN2O3S. The number of nitro groups is 1. The van der Waals surface area contributed by atoms with Gasteiger partial charge < -0.3 is 10.1 Å². The third kappa shape index (κ3) is 4.29. The second-order valence-electron chi connectivity index (χ2n) is 3.97. The number of hydrogen-bond donors (Lipinski definition) is 1. The molecule has 0 bridgehead atoms. The molecule has 20 heavy (non-hydrogen) atoms. The first-order valence-corrected chi connectivity index (χ1v) is 7.64. The van der Waals surface area contributed by atoms with Crippen molar-refractivity contribution in [2.75, 3.05) is 13.2 Å². The molecule has 1 aromatic heterocycles. The topological polar surface area (TPSA) is 64.4 Å². The lowest BCUT2D eigenvalue weighted by atomic mass is 10.3. The van der Waals surface area contributed by atoms with Gasteiger partial charge >= 0.3 is 0 Å². The van der Waals surface area contributed by atoms with Gasteiger partial charge in [-0.1, -0.05) is 0 Å². The van der Waals surface area contributed by atoms with Gasteiger partial charge in [0, 0.05) is 34.6 Å². The maximum Gasteiger partial charge on any atom is 0.269 e. The van der Waals surface area contributed by atoms with Crippen LogP contribution in [0.15, 0.2) is 40.2 Å². The van der Waals surface area contributed by atoms with Gasteiger partial charge in [-0.25, -0.2) is 0 Å². The molecule has 106 valence electrons. The molecule has 0 aliphatic heterocycles. The molecule has 5 nitrogen and oxygen atoms in total. The third-order valence-electron chi connectivity index (χ3n) is 2.57. The van der Waals surface area contributed by atoms with Crippen LogP contribution in [0.2, 0.25) is 0 Å². The molecule has 0 amide bonds. The van der Waals surface area contributed by atoms with E-state index in [0.29, 0.717) is 18.9 Å². The Hall–Kier alpha value is -1.44. The highest BCUT2D eigenvalue weighted by Crippen LogP contribution is 2.22. The van der Waals surface area contributed by atoms with Crippen molar-refractivity contribution in [3.8, 4) is 5.75 Å². The minimum Gasteiger partial charge on any atom is -0.492 e. The lowest BCUT2D eigenvalue weighted by Crippen LogP contribution is -2.20. The summed E-state index contributed by atoms with van der Waals surface area (Å²) in [5.41, 5.74) is 0.0676. The van der Waals surface area contributed by atoms with E-state index in [0.717, 1.165) is 11.0 Å². The van der Waals surface area contributed by atoms with E-state index in [4.69, 9.17) is 4.74 Å². The molecule has 0 fully saturated rings. The van der Waals surface area contributed by atoms with Gasteiger partial charge in [-0.05, 0) is 39.5 Å². The molecule has 7 heteroatoms. The molecular weight excluding hydrogens is 344 g/mol. The highest BCUT2D eigenvalue weighted by Gasteiger charge is 2.04. The van der Waals surface area contributed by atoms with Gasteiger partial charge in [0.25, 0.3) is 5.69 Å². The Morgan fingerprint density at radius 3 is 2.65 bits per heavy atom. The minimum absolute atomic E-state index is 0.0676. The molecule has 0 radical (unpaired) electrons. The number of non-ortho nitro benzene ring substituents is 1. The highest BCUT2D eigenvalue weighted by molar-refractivity contribution is 9.10. The van der Waals surface area contributed by atoms with E-state index in [9.17, 15) is 10.1 Å². The number of benzene rings is 1. The predicted octanol–water partition coefficient (Wildman–Crippen LogP) is 3.59. The largest absolute Gasteiger partial charge is 0.492 e. The Morgan fingerprint density at radius 2 is 2.05 bits per heavy atom. The summed E-state index contributed by atoms with van der Waals surface area (Å²) >= 11 is 5.17. The summed E-state index contributed by atoms with van der Waals surface area (Å²) in [7, 11) is 0. The van der Waals surface area contributed by atoms with Gasteiger partial charge in [-0.2, -0.15) is 0 Å². The number of nitro benzene ring substituents is 1. The number of halogens is 1. The Morgan fingerprint density at radius 1 is 1.30 bits per heavy atom. The van der Waals surface area contributed by atoms with E-state index in [2.05, 4.69) is 21.2 Å². The Balaban J connectivity index is 1.68. The second kappa shape index (κ2) is 7.37. The first kappa shape index (κ1) is 15.0. The van der Waals surface area contributed by atoms with Crippen molar-refractivity contribution in [2.24, 2.45) is 0 Å². The van der Waals surface area contributed by atoms with Crippen molar-refractivity contribution >= 4 is 33.0 Å². The molecule has 2 aromatic rings. The molecule has 1 heterocycles. The fourth-order valence-corrected chi connectivity index (χ4v) is 3.02. The van der Waals surface area contributed by atoms with Crippen LogP contribution in [0.4, 0.5) is 5.69 Å². The summed E-state index contributed by atoms with van der Waals surface area (Å²) < 4.78 is 6.61. The normalized spacial score (nSPS) is 10.4. The zero-order valence-corrected chi connectivity index (χ0v) is 12.9. The van der Waals surface area contributed by atoms with E-state index < -0.39 is 4.92 Å². The lowest BCUT2D eigenvalue weighted by molar-refractivity contribution is -0.384. The predicted molar refractivity (Wildman–Crippen MR) is 82.3 cm³/mol. The van der Waals surface area contributed by atoms with Crippen LogP contribution in [0.5, 0.6) is 5.75 Å². The van der Waals surface area contributed by atoms with Gasteiger partial charge in [0.05, 0.1) is 4.92 Å². The summed E-state index contributed by atoms with van der Waals surface area (Å²) in [5, 5.41) is 15.8. The van der Waals surface area contributed by atoms with Gasteiger partial charge in [-0.3, -0.25) is 10.1 Å². The monoisotopic (exact) mass is 356 g/mol. The van der Waals surface area contributed by atoms with Crippen LogP contribution in [-0.2, 0) is 6.54 Å². The van der Waals surface area contributed by atoms with E-state index in [-0.39, 0.29) is 5.69 Å². The van der Waals surface area contributed by atoms with Crippen LogP contribution >= 0.6 is 27.3 Å². The van der Waals surface area contributed by atoms with E-state index in [1.54, 1.807) is 23.5 Å².